The van der Waals surface area contributed by atoms with Crippen LogP contribution in [-0.4, -0.2) is 26.4 Å². The summed E-state index contributed by atoms with van der Waals surface area (Å²) >= 11 is 1.57. The molecule has 0 saturated heterocycles. The first-order valence-electron chi connectivity index (χ1n) is 7.58. The normalized spacial score (nSPS) is 10.7. The van der Waals surface area contributed by atoms with Crippen LogP contribution < -0.4 is 14.2 Å². The Bertz CT molecular complexity index is 929. The Labute approximate surface area is 149 Å². The third kappa shape index (κ3) is 3.30. The summed E-state index contributed by atoms with van der Waals surface area (Å²) in [6.07, 6.45) is 1.98. The molecule has 130 valence electrons. The molecule has 0 N–H and O–H groups in total. The Morgan fingerprint density at radius 1 is 1.04 bits per heavy atom. The molecule has 1 heterocycles. The number of methoxy groups -OCH3 is 2. The largest absolute Gasteiger partial charge is 0.493 e. The van der Waals surface area contributed by atoms with Gasteiger partial charge in [-0.25, -0.2) is 0 Å². The standard InChI is InChI=1S/C19H18O5S/c1-11(20)23-13-6-8-15-14(10-13)19(25-4)18(24-15)12-5-7-16(21-2)17(9-12)22-3/h5-10H,1-4H3. The van der Waals surface area contributed by atoms with Crippen LogP contribution in [0.3, 0.4) is 0 Å². The van der Waals surface area contributed by atoms with Crippen molar-refractivity contribution in [3.63, 3.8) is 0 Å². The molecule has 0 bridgehead atoms. The van der Waals surface area contributed by atoms with Crippen LogP contribution in [0.25, 0.3) is 22.3 Å². The molecule has 0 aliphatic rings. The molecule has 0 aliphatic heterocycles. The second kappa shape index (κ2) is 7.11. The number of benzene rings is 2. The molecule has 2 aromatic carbocycles. The van der Waals surface area contributed by atoms with Gasteiger partial charge >= 0.3 is 5.97 Å². The van der Waals surface area contributed by atoms with Crippen molar-refractivity contribution in [3.05, 3.63) is 36.4 Å². The Kier molecular flexibility index (Phi) is 4.90. The third-order valence-electron chi connectivity index (χ3n) is 3.73. The van der Waals surface area contributed by atoms with E-state index in [1.54, 1.807) is 38.1 Å². The van der Waals surface area contributed by atoms with Gasteiger partial charge in [0.15, 0.2) is 11.5 Å². The van der Waals surface area contributed by atoms with E-state index < -0.39 is 0 Å². The van der Waals surface area contributed by atoms with Crippen LogP contribution >= 0.6 is 11.8 Å². The van der Waals surface area contributed by atoms with Crippen molar-refractivity contribution >= 4 is 28.7 Å². The Hall–Kier alpha value is -2.60. The summed E-state index contributed by atoms with van der Waals surface area (Å²) in [6, 6.07) is 11.0. The lowest BCUT2D eigenvalue weighted by Gasteiger charge is -2.09. The first kappa shape index (κ1) is 17.2. The van der Waals surface area contributed by atoms with Crippen molar-refractivity contribution in [3.8, 4) is 28.6 Å². The molecule has 0 aliphatic carbocycles. The zero-order valence-electron chi connectivity index (χ0n) is 14.4. The molecule has 1 aromatic heterocycles. The van der Waals surface area contributed by atoms with E-state index in [-0.39, 0.29) is 5.97 Å². The summed E-state index contributed by atoms with van der Waals surface area (Å²) in [5.41, 5.74) is 1.61. The summed E-state index contributed by atoms with van der Waals surface area (Å²) < 4.78 is 21.9. The second-order valence-corrected chi connectivity index (χ2v) is 6.10. The van der Waals surface area contributed by atoms with Crippen molar-refractivity contribution in [1.82, 2.24) is 0 Å². The summed E-state index contributed by atoms with van der Waals surface area (Å²) in [4.78, 5) is 12.2. The summed E-state index contributed by atoms with van der Waals surface area (Å²) in [6.45, 7) is 1.38. The molecule has 0 atom stereocenters. The second-order valence-electron chi connectivity index (χ2n) is 5.29. The number of esters is 1. The van der Waals surface area contributed by atoms with Crippen LogP contribution in [0.1, 0.15) is 6.92 Å². The maximum atomic E-state index is 11.2. The van der Waals surface area contributed by atoms with Gasteiger partial charge in [-0.1, -0.05) is 0 Å². The fraction of sp³-hybridized carbons (Fsp3) is 0.211. The Balaban J connectivity index is 2.14. The fourth-order valence-corrected chi connectivity index (χ4v) is 3.38. The van der Waals surface area contributed by atoms with Gasteiger partial charge in [-0.3, -0.25) is 4.79 Å². The minimum atomic E-state index is -0.353. The van der Waals surface area contributed by atoms with Crippen molar-refractivity contribution in [2.75, 3.05) is 20.5 Å². The molecule has 25 heavy (non-hydrogen) atoms. The summed E-state index contributed by atoms with van der Waals surface area (Å²) in [5, 5.41) is 0.899. The van der Waals surface area contributed by atoms with Gasteiger partial charge in [0.25, 0.3) is 0 Å². The summed E-state index contributed by atoms with van der Waals surface area (Å²) in [5.74, 6) is 2.17. The first-order valence-corrected chi connectivity index (χ1v) is 8.81. The molecule has 0 radical (unpaired) electrons. The number of carbonyl (C=O) groups excluding carboxylic acids is 1. The van der Waals surface area contributed by atoms with Crippen LogP contribution in [0.4, 0.5) is 0 Å². The fourth-order valence-electron chi connectivity index (χ4n) is 2.65. The van der Waals surface area contributed by atoms with Crippen LogP contribution in [0.15, 0.2) is 45.7 Å². The van der Waals surface area contributed by atoms with E-state index in [9.17, 15) is 4.79 Å². The number of fused-ring (bicyclic) bond motifs is 1. The maximum absolute atomic E-state index is 11.2. The lowest BCUT2D eigenvalue weighted by atomic mass is 10.1. The van der Waals surface area contributed by atoms with Crippen LogP contribution in [-0.2, 0) is 4.79 Å². The molecular formula is C19H18O5S. The lowest BCUT2D eigenvalue weighted by Crippen LogP contribution is -2.00. The molecule has 0 saturated carbocycles. The number of rotatable bonds is 5. The smallest absolute Gasteiger partial charge is 0.308 e. The van der Waals surface area contributed by atoms with E-state index in [0.29, 0.717) is 17.2 Å². The predicted octanol–water partition coefficient (Wildman–Crippen LogP) is 4.76. The molecule has 0 fully saturated rings. The van der Waals surface area contributed by atoms with Gasteiger partial charge in [0.05, 0.1) is 19.1 Å². The van der Waals surface area contributed by atoms with Gasteiger partial charge in [-0.05, 0) is 42.7 Å². The number of carbonyl (C=O) groups is 1. The quantitative estimate of drug-likeness (QED) is 0.372. The zero-order chi connectivity index (χ0) is 18.0. The average molecular weight is 358 g/mol. The number of ether oxygens (including phenoxy) is 3. The van der Waals surface area contributed by atoms with E-state index in [0.717, 1.165) is 27.2 Å². The molecule has 0 unspecified atom stereocenters. The molecule has 3 rings (SSSR count). The van der Waals surface area contributed by atoms with E-state index in [4.69, 9.17) is 18.6 Å². The minimum absolute atomic E-state index is 0.353. The third-order valence-corrected chi connectivity index (χ3v) is 4.54. The Morgan fingerprint density at radius 2 is 1.80 bits per heavy atom. The topological polar surface area (TPSA) is 57.9 Å². The Morgan fingerprint density at radius 3 is 2.44 bits per heavy atom. The van der Waals surface area contributed by atoms with Crippen LogP contribution in [0.2, 0.25) is 0 Å². The molecular weight excluding hydrogens is 340 g/mol. The van der Waals surface area contributed by atoms with E-state index >= 15 is 0 Å². The van der Waals surface area contributed by atoms with Crippen LogP contribution in [0.5, 0.6) is 17.2 Å². The SMILES string of the molecule is COc1ccc(-c2oc3ccc(OC(C)=O)cc3c2SC)cc1OC. The molecule has 0 spiro atoms. The van der Waals surface area contributed by atoms with Gasteiger partial charge in [0, 0.05) is 17.9 Å². The zero-order valence-corrected chi connectivity index (χ0v) is 15.2. The molecule has 6 heteroatoms. The van der Waals surface area contributed by atoms with Gasteiger partial charge < -0.3 is 18.6 Å². The van der Waals surface area contributed by atoms with Crippen molar-refractivity contribution in [2.24, 2.45) is 0 Å². The molecule has 3 aromatic rings. The first-order chi connectivity index (χ1) is 12.1. The van der Waals surface area contributed by atoms with E-state index in [1.165, 1.54) is 6.92 Å². The van der Waals surface area contributed by atoms with Gasteiger partial charge in [0.1, 0.15) is 17.1 Å². The number of thioether (sulfide) groups is 1. The van der Waals surface area contributed by atoms with E-state index in [1.807, 2.05) is 30.5 Å². The molecule has 0 amide bonds. The number of hydrogen-bond donors (Lipinski definition) is 0. The maximum Gasteiger partial charge on any atom is 0.308 e. The number of hydrogen-bond acceptors (Lipinski definition) is 6. The summed E-state index contributed by atoms with van der Waals surface area (Å²) in [7, 11) is 3.20. The van der Waals surface area contributed by atoms with Gasteiger partial charge in [-0.15, -0.1) is 11.8 Å². The highest BCUT2D eigenvalue weighted by atomic mass is 32.2. The van der Waals surface area contributed by atoms with Crippen molar-refractivity contribution < 1.29 is 23.4 Å². The highest BCUT2D eigenvalue weighted by Gasteiger charge is 2.18. The number of furan rings is 1. The van der Waals surface area contributed by atoms with Crippen molar-refractivity contribution in [2.45, 2.75) is 11.8 Å². The monoisotopic (exact) mass is 358 g/mol. The predicted molar refractivity (Wildman–Crippen MR) is 97.8 cm³/mol. The highest BCUT2D eigenvalue weighted by molar-refractivity contribution is 7.99. The minimum Gasteiger partial charge on any atom is -0.493 e. The average Bonchev–Trinajstić information content (AvgIpc) is 2.98. The highest BCUT2D eigenvalue weighted by Crippen LogP contribution is 2.42. The van der Waals surface area contributed by atoms with Gasteiger partial charge in [0.2, 0.25) is 0 Å². The lowest BCUT2D eigenvalue weighted by molar-refractivity contribution is -0.131. The van der Waals surface area contributed by atoms with E-state index in [2.05, 4.69) is 0 Å². The van der Waals surface area contributed by atoms with Gasteiger partial charge in [-0.2, -0.15) is 0 Å². The van der Waals surface area contributed by atoms with Crippen molar-refractivity contribution in [1.29, 1.82) is 0 Å². The molecule has 5 nitrogen and oxygen atoms in total. The van der Waals surface area contributed by atoms with Crippen LogP contribution in [0, 0.1) is 0 Å².